The molecule has 1 aromatic rings. The van der Waals surface area contributed by atoms with E-state index in [0.717, 1.165) is 16.7 Å². The molecule has 2 rings (SSSR count). The third kappa shape index (κ3) is 4.69. The summed E-state index contributed by atoms with van der Waals surface area (Å²) in [7, 11) is 0. The molecule has 1 fully saturated rings. The highest BCUT2D eigenvalue weighted by molar-refractivity contribution is 14.1. The lowest BCUT2D eigenvalue weighted by molar-refractivity contribution is 0.0149. The molecule has 6 heteroatoms. The van der Waals surface area contributed by atoms with Crippen LogP contribution in [0.1, 0.15) is 10.4 Å². The van der Waals surface area contributed by atoms with Crippen LogP contribution in [0.4, 0.5) is 0 Å². The maximum Gasteiger partial charge on any atom is 0.252 e. The van der Waals surface area contributed by atoms with E-state index in [4.69, 9.17) is 4.74 Å². The van der Waals surface area contributed by atoms with Crippen LogP contribution in [0.3, 0.4) is 0 Å². The Bertz CT molecular complexity index is 450. The number of nitrogens with one attached hydrogen (secondary N) is 1. The standard InChI is InChI=1S/C14H19IN2O3/c15-13-4-2-1-3-12(13)14(19)16-9-11(18)10-17-5-7-20-8-6-17/h1-4,11,18H,5-10H2,(H,16,19)/t11-/m1/s1. The van der Waals surface area contributed by atoms with Crippen LogP contribution in [-0.2, 0) is 4.74 Å². The SMILES string of the molecule is O=C(NC[C@@H](O)CN1CCOCC1)c1ccccc1I. The second-order valence-corrected chi connectivity index (χ2v) is 5.92. The van der Waals surface area contributed by atoms with Crippen molar-refractivity contribution in [2.75, 3.05) is 39.4 Å². The fourth-order valence-electron chi connectivity index (χ4n) is 2.10. The molecule has 1 aliphatic heterocycles. The van der Waals surface area contributed by atoms with Crippen LogP contribution in [0.15, 0.2) is 24.3 Å². The van der Waals surface area contributed by atoms with E-state index >= 15 is 0 Å². The van der Waals surface area contributed by atoms with Crippen molar-refractivity contribution < 1.29 is 14.6 Å². The van der Waals surface area contributed by atoms with Gasteiger partial charge in [0.1, 0.15) is 0 Å². The van der Waals surface area contributed by atoms with Crippen LogP contribution in [0.5, 0.6) is 0 Å². The van der Waals surface area contributed by atoms with E-state index in [0.29, 0.717) is 25.3 Å². The number of aliphatic hydroxyl groups excluding tert-OH is 1. The molecule has 0 unspecified atom stereocenters. The van der Waals surface area contributed by atoms with Crippen molar-refractivity contribution in [3.8, 4) is 0 Å². The summed E-state index contributed by atoms with van der Waals surface area (Å²) in [5.41, 5.74) is 0.645. The number of ether oxygens (including phenoxy) is 1. The second-order valence-electron chi connectivity index (χ2n) is 4.76. The Balaban J connectivity index is 1.76. The molecule has 0 bridgehead atoms. The first-order valence-electron chi connectivity index (χ1n) is 6.67. The average molecular weight is 390 g/mol. The first-order chi connectivity index (χ1) is 9.66. The molecule has 0 aromatic heterocycles. The van der Waals surface area contributed by atoms with E-state index < -0.39 is 6.10 Å². The predicted octanol–water partition coefficient (Wildman–Crippen LogP) is 0.714. The monoisotopic (exact) mass is 390 g/mol. The molecule has 5 nitrogen and oxygen atoms in total. The van der Waals surface area contributed by atoms with Gasteiger partial charge in [-0.25, -0.2) is 0 Å². The van der Waals surface area contributed by atoms with Crippen molar-refractivity contribution in [3.05, 3.63) is 33.4 Å². The number of morpholine rings is 1. The first-order valence-corrected chi connectivity index (χ1v) is 7.75. The minimum Gasteiger partial charge on any atom is -0.390 e. The molecule has 0 spiro atoms. The summed E-state index contributed by atoms with van der Waals surface area (Å²) in [6, 6.07) is 7.40. The Hall–Kier alpha value is -0.700. The average Bonchev–Trinajstić information content (AvgIpc) is 2.46. The highest BCUT2D eigenvalue weighted by atomic mass is 127. The number of benzene rings is 1. The van der Waals surface area contributed by atoms with Gasteiger partial charge in [-0.15, -0.1) is 0 Å². The fraction of sp³-hybridized carbons (Fsp3) is 0.500. The van der Waals surface area contributed by atoms with E-state index in [1.807, 2.05) is 18.2 Å². The van der Waals surface area contributed by atoms with Crippen LogP contribution in [0, 0.1) is 3.57 Å². The summed E-state index contributed by atoms with van der Waals surface area (Å²) < 4.78 is 6.16. The molecule has 2 N–H and O–H groups in total. The summed E-state index contributed by atoms with van der Waals surface area (Å²) in [6.45, 7) is 3.92. The molecular formula is C14H19IN2O3. The Labute approximate surface area is 132 Å². The van der Waals surface area contributed by atoms with E-state index in [9.17, 15) is 9.90 Å². The van der Waals surface area contributed by atoms with Crippen LogP contribution < -0.4 is 5.32 Å². The van der Waals surface area contributed by atoms with Crippen LogP contribution in [-0.4, -0.2) is 61.4 Å². The lowest BCUT2D eigenvalue weighted by Gasteiger charge is -2.28. The molecule has 1 atom stereocenters. The van der Waals surface area contributed by atoms with Gasteiger partial charge in [0.2, 0.25) is 0 Å². The topological polar surface area (TPSA) is 61.8 Å². The number of carbonyl (C=O) groups excluding carboxylic acids is 1. The molecule has 1 aliphatic rings. The van der Waals surface area contributed by atoms with Crippen molar-refractivity contribution in [2.45, 2.75) is 6.10 Å². The summed E-state index contributed by atoms with van der Waals surface area (Å²) in [5.74, 6) is -0.143. The van der Waals surface area contributed by atoms with Gasteiger partial charge in [0.05, 0.1) is 24.9 Å². The van der Waals surface area contributed by atoms with Gasteiger partial charge in [0, 0.05) is 29.7 Å². The predicted molar refractivity (Wildman–Crippen MR) is 84.8 cm³/mol. The highest BCUT2D eigenvalue weighted by Crippen LogP contribution is 2.11. The maximum atomic E-state index is 12.0. The highest BCUT2D eigenvalue weighted by Gasteiger charge is 2.16. The quantitative estimate of drug-likeness (QED) is 0.728. The van der Waals surface area contributed by atoms with Gasteiger partial charge in [0.15, 0.2) is 0 Å². The minimum absolute atomic E-state index is 0.143. The van der Waals surface area contributed by atoms with Crippen molar-refractivity contribution in [1.82, 2.24) is 10.2 Å². The molecule has 0 saturated carbocycles. The minimum atomic E-state index is -0.557. The smallest absolute Gasteiger partial charge is 0.252 e. The fourth-order valence-corrected chi connectivity index (χ4v) is 2.73. The lowest BCUT2D eigenvalue weighted by atomic mass is 10.2. The number of amides is 1. The Kier molecular flexibility index (Phi) is 6.21. The van der Waals surface area contributed by atoms with Gasteiger partial charge in [-0.2, -0.15) is 0 Å². The normalized spacial score (nSPS) is 17.7. The van der Waals surface area contributed by atoms with Crippen LogP contribution >= 0.6 is 22.6 Å². The van der Waals surface area contributed by atoms with E-state index in [2.05, 4.69) is 32.8 Å². The van der Waals surface area contributed by atoms with E-state index in [-0.39, 0.29) is 12.5 Å². The third-order valence-corrected chi connectivity index (χ3v) is 4.13. The molecule has 0 radical (unpaired) electrons. The molecule has 1 amide bonds. The summed E-state index contributed by atoms with van der Waals surface area (Å²) in [4.78, 5) is 14.1. The Morgan fingerprint density at radius 3 is 2.80 bits per heavy atom. The zero-order valence-electron chi connectivity index (χ0n) is 11.2. The van der Waals surface area contributed by atoms with Gasteiger partial charge >= 0.3 is 0 Å². The number of hydrogen-bond acceptors (Lipinski definition) is 4. The molecule has 1 aromatic carbocycles. The zero-order chi connectivity index (χ0) is 14.4. The summed E-state index contributed by atoms with van der Waals surface area (Å²) in [5, 5.41) is 12.7. The lowest BCUT2D eigenvalue weighted by Crippen LogP contribution is -2.44. The molecule has 0 aliphatic carbocycles. The number of carbonyl (C=O) groups is 1. The van der Waals surface area contributed by atoms with E-state index in [1.165, 1.54) is 0 Å². The molecular weight excluding hydrogens is 371 g/mol. The van der Waals surface area contributed by atoms with E-state index in [1.54, 1.807) is 6.07 Å². The Morgan fingerprint density at radius 1 is 1.40 bits per heavy atom. The van der Waals surface area contributed by atoms with Gasteiger partial charge in [-0.1, -0.05) is 12.1 Å². The summed E-state index contributed by atoms with van der Waals surface area (Å²) >= 11 is 2.13. The number of halogens is 1. The second kappa shape index (κ2) is 7.92. The van der Waals surface area contributed by atoms with Gasteiger partial charge in [0.25, 0.3) is 5.91 Å². The van der Waals surface area contributed by atoms with Crippen molar-refractivity contribution >= 4 is 28.5 Å². The maximum absolute atomic E-state index is 12.0. The molecule has 1 saturated heterocycles. The van der Waals surface area contributed by atoms with Gasteiger partial charge < -0.3 is 15.2 Å². The number of hydrogen-bond donors (Lipinski definition) is 2. The molecule has 20 heavy (non-hydrogen) atoms. The van der Waals surface area contributed by atoms with Crippen molar-refractivity contribution in [1.29, 1.82) is 0 Å². The largest absolute Gasteiger partial charge is 0.390 e. The molecule has 1 heterocycles. The van der Waals surface area contributed by atoms with Crippen molar-refractivity contribution in [2.24, 2.45) is 0 Å². The van der Waals surface area contributed by atoms with Gasteiger partial charge in [-0.05, 0) is 34.7 Å². The van der Waals surface area contributed by atoms with Crippen molar-refractivity contribution in [3.63, 3.8) is 0 Å². The number of aliphatic hydroxyl groups is 1. The number of rotatable bonds is 5. The molecule has 110 valence electrons. The summed E-state index contributed by atoms with van der Waals surface area (Å²) in [6.07, 6.45) is -0.557. The van der Waals surface area contributed by atoms with Crippen LogP contribution in [0.25, 0.3) is 0 Å². The number of β-amino-alcohol motifs (C(OH)–C–C–N with tert-alkyl or cyclic N) is 1. The van der Waals surface area contributed by atoms with Crippen LogP contribution in [0.2, 0.25) is 0 Å². The zero-order valence-corrected chi connectivity index (χ0v) is 13.4. The number of nitrogens with zero attached hydrogens (tertiary/aromatic N) is 1. The first kappa shape index (κ1) is 15.7. The Morgan fingerprint density at radius 2 is 2.10 bits per heavy atom. The third-order valence-electron chi connectivity index (χ3n) is 3.19. The van der Waals surface area contributed by atoms with Gasteiger partial charge in [-0.3, -0.25) is 9.69 Å².